The van der Waals surface area contributed by atoms with Gasteiger partial charge in [-0.1, -0.05) is 0 Å². The van der Waals surface area contributed by atoms with Crippen molar-refractivity contribution < 1.29 is 20.4 Å². The van der Waals surface area contributed by atoms with Gasteiger partial charge in [-0.05, 0) is 0 Å². The van der Waals surface area contributed by atoms with E-state index < -0.39 is 20.4 Å². The van der Waals surface area contributed by atoms with E-state index in [1.807, 2.05) is 3.28 Å². The molecule has 0 fully saturated rings. The predicted octanol–water partition coefficient (Wildman–Crippen LogP) is 7.96. The summed E-state index contributed by atoms with van der Waals surface area (Å²) in [4.78, 5) is 0. The minimum atomic E-state index is -1.96. The van der Waals surface area contributed by atoms with E-state index in [0.717, 1.165) is 5.02 Å². The molecule has 0 bridgehead atoms. The molecule has 3 heteroatoms. The molecule has 4 rings (SSSR count). The fourth-order valence-electron chi connectivity index (χ4n) is 5.04. The van der Waals surface area contributed by atoms with Crippen LogP contribution in [0, 0.1) is 5.92 Å². The van der Waals surface area contributed by atoms with Gasteiger partial charge in [0.1, 0.15) is 0 Å². The van der Waals surface area contributed by atoms with E-state index in [1.54, 1.807) is 16.7 Å². The summed E-state index contributed by atoms with van der Waals surface area (Å²) in [5.74, 6) is 0.626. The fourth-order valence-corrected chi connectivity index (χ4v) is 24.9. The topological polar surface area (TPSA) is 0 Å². The Balaban J connectivity index is 1.93. The Morgan fingerprint density at radius 1 is 0.931 bits per heavy atom. The Labute approximate surface area is 188 Å². The van der Waals surface area contributed by atoms with Crippen LogP contribution in [0.3, 0.4) is 0 Å². The van der Waals surface area contributed by atoms with Crippen molar-refractivity contribution >= 4 is 22.6 Å². The molecule has 0 spiro atoms. The monoisotopic (exact) mass is 494 g/mol. The molecule has 2 aromatic carbocycles. The predicted molar refractivity (Wildman–Crippen MR) is 125 cm³/mol. The number of hydrogen-bond donors (Lipinski definition) is 0. The number of halogens is 1. The van der Waals surface area contributed by atoms with Crippen LogP contribution >= 0.6 is 11.6 Å². The van der Waals surface area contributed by atoms with Crippen molar-refractivity contribution in [3.05, 3.63) is 96.3 Å². The van der Waals surface area contributed by atoms with Gasteiger partial charge in [0.05, 0.1) is 0 Å². The zero-order valence-corrected chi connectivity index (χ0v) is 22.4. The number of hydrogen-bond acceptors (Lipinski definition) is 0. The molecule has 0 amide bonds. The second-order valence-electron chi connectivity index (χ2n) is 8.64. The van der Waals surface area contributed by atoms with Crippen molar-refractivity contribution in [3.63, 3.8) is 0 Å². The molecule has 0 nitrogen and oxygen atoms in total. The van der Waals surface area contributed by atoms with E-state index >= 15 is 0 Å². The van der Waals surface area contributed by atoms with Crippen molar-refractivity contribution in [1.82, 2.24) is 0 Å². The summed E-state index contributed by atoms with van der Waals surface area (Å²) in [5.41, 5.74) is 10.0. The molecule has 0 saturated carbocycles. The van der Waals surface area contributed by atoms with Crippen LogP contribution in [0.2, 0.25) is 18.1 Å². The third-order valence-electron chi connectivity index (χ3n) is 6.84. The maximum absolute atomic E-state index is 6.52. The molecule has 0 N–H and O–H groups in total. The molecule has 2 aromatic rings. The van der Waals surface area contributed by atoms with Crippen molar-refractivity contribution in [2.75, 3.05) is 0 Å². The van der Waals surface area contributed by atoms with Crippen LogP contribution in [0.15, 0.2) is 74.6 Å². The van der Waals surface area contributed by atoms with Gasteiger partial charge < -0.3 is 0 Å². The zero-order chi connectivity index (χ0) is 20.9. The maximum atomic E-state index is 6.52. The molecule has 2 aliphatic carbocycles. The first-order valence-corrected chi connectivity index (χ1v) is 19.7. The molecule has 2 unspecified atom stereocenters. The molecule has 0 saturated heterocycles. The van der Waals surface area contributed by atoms with Gasteiger partial charge in [-0.25, -0.2) is 0 Å². The molecule has 2 aliphatic rings. The molecule has 0 radical (unpaired) electrons. The summed E-state index contributed by atoms with van der Waals surface area (Å²) in [7, 11) is 0. The summed E-state index contributed by atoms with van der Waals surface area (Å²) >= 11 is 4.55. The summed E-state index contributed by atoms with van der Waals surface area (Å²) in [5, 5.41) is 0.871. The van der Waals surface area contributed by atoms with Gasteiger partial charge in [-0.2, -0.15) is 0 Å². The third kappa shape index (κ3) is 3.67. The SMILES string of the molecule is CC1=C(C)C(C)[C]([Zr]([CH]2C=C(c3ccccc3)c3ccc(Cl)cc32)=[Si](C)C)=C1C. The molecular weight excluding hydrogens is 467 g/mol. The fraction of sp³-hybridized carbons (Fsp3) is 0.308. The zero-order valence-electron chi connectivity index (χ0n) is 18.2. The Morgan fingerprint density at radius 2 is 1.62 bits per heavy atom. The quantitative estimate of drug-likeness (QED) is 0.379. The van der Waals surface area contributed by atoms with Crippen molar-refractivity contribution in [3.8, 4) is 0 Å². The Kier molecular flexibility index (Phi) is 6.09. The average Bonchev–Trinajstić information content (AvgIpc) is 3.16. The van der Waals surface area contributed by atoms with Crippen LogP contribution in [0.5, 0.6) is 0 Å². The van der Waals surface area contributed by atoms with Gasteiger partial charge >= 0.3 is 190 Å². The Hall–Kier alpha value is -0.950. The molecule has 29 heavy (non-hydrogen) atoms. The number of fused-ring (bicyclic) bond motifs is 1. The first-order valence-electron chi connectivity index (χ1n) is 10.4. The Morgan fingerprint density at radius 3 is 2.21 bits per heavy atom. The van der Waals surface area contributed by atoms with Crippen molar-refractivity contribution in [2.45, 2.75) is 44.4 Å². The standard InChI is InChI=1S/C15H10Cl.C9H13.C2H6Si.Zr/c16-13-7-9-15-12(10-13)6-8-14(15)11-4-2-1-3-5-11;1-6-5-7(2)9(4)8(6)3;1-3-2;/h1-10H;6H,1-4H3;1-2H3;. The van der Waals surface area contributed by atoms with Crippen LogP contribution in [0.25, 0.3) is 5.57 Å². The Bertz CT molecular complexity index is 1110. The van der Waals surface area contributed by atoms with E-state index in [-0.39, 0.29) is 5.43 Å². The summed E-state index contributed by atoms with van der Waals surface area (Å²) < 4.78 is 2.46. The summed E-state index contributed by atoms with van der Waals surface area (Å²) in [6, 6.07) is 17.5. The van der Waals surface area contributed by atoms with Gasteiger partial charge in [0.25, 0.3) is 0 Å². The summed E-state index contributed by atoms with van der Waals surface area (Å²) in [6.45, 7) is 14.6. The third-order valence-corrected chi connectivity index (χ3v) is 25.6. The van der Waals surface area contributed by atoms with Crippen LogP contribution in [0.4, 0.5) is 0 Å². The van der Waals surface area contributed by atoms with Crippen molar-refractivity contribution in [1.29, 1.82) is 0 Å². The van der Waals surface area contributed by atoms with E-state index in [4.69, 9.17) is 11.6 Å². The van der Waals surface area contributed by atoms with Crippen LogP contribution in [-0.2, 0) is 20.4 Å². The van der Waals surface area contributed by atoms with Gasteiger partial charge in [0.15, 0.2) is 0 Å². The normalized spacial score (nSPS) is 20.9. The molecular formula is C26H29ClSiZr. The number of benzene rings is 2. The van der Waals surface area contributed by atoms with Crippen molar-refractivity contribution in [2.24, 2.45) is 5.92 Å². The van der Waals surface area contributed by atoms with E-state index in [9.17, 15) is 0 Å². The molecule has 0 aliphatic heterocycles. The van der Waals surface area contributed by atoms with Crippen LogP contribution in [0.1, 0.15) is 48.0 Å². The van der Waals surface area contributed by atoms with Gasteiger partial charge in [0, 0.05) is 0 Å². The molecule has 0 aromatic heterocycles. The average molecular weight is 496 g/mol. The second kappa shape index (κ2) is 8.29. The van der Waals surface area contributed by atoms with E-state index in [0.29, 0.717) is 9.54 Å². The molecule has 148 valence electrons. The number of allylic oxidation sites excluding steroid dienone is 5. The molecule has 0 heterocycles. The van der Waals surface area contributed by atoms with Gasteiger partial charge in [-0.15, -0.1) is 0 Å². The van der Waals surface area contributed by atoms with E-state index in [2.05, 4.69) is 95.4 Å². The van der Waals surface area contributed by atoms with Crippen LogP contribution < -0.4 is 0 Å². The first kappa shape index (κ1) is 21.3. The number of rotatable bonds is 3. The van der Waals surface area contributed by atoms with Gasteiger partial charge in [-0.3, -0.25) is 0 Å². The van der Waals surface area contributed by atoms with E-state index in [1.165, 1.54) is 22.3 Å². The molecule has 2 atom stereocenters. The van der Waals surface area contributed by atoms with Crippen LogP contribution in [-0.4, -0.2) is 5.43 Å². The first-order chi connectivity index (χ1) is 13.8. The summed E-state index contributed by atoms with van der Waals surface area (Å²) in [6.07, 6.45) is 2.62. The minimum absolute atomic E-state index is 0.385. The second-order valence-corrected chi connectivity index (χ2v) is 26.5. The van der Waals surface area contributed by atoms with Gasteiger partial charge in [0.2, 0.25) is 0 Å².